The SMILES string of the molecule is CN(C)C(=O)CCN(C)C(=O)/C(C#N)=C(\O)c1cc(Cl)c(O)c(C#N)c1. The van der Waals surface area contributed by atoms with Crippen molar-refractivity contribution < 1.29 is 19.8 Å². The summed E-state index contributed by atoms with van der Waals surface area (Å²) in [5, 5.41) is 37.9. The number of rotatable bonds is 5. The van der Waals surface area contributed by atoms with E-state index in [0.29, 0.717) is 0 Å². The maximum absolute atomic E-state index is 12.4. The number of aromatic hydroxyl groups is 1. The third-order valence-electron chi connectivity index (χ3n) is 3.53. The van der Waals surface area contributed by atoms with E-state index in [1.807, 2.05) is 0 Å². The highest BCUT2D eigenvalue weighted by Gasteiger charge is 2.22. The third-order valence-corrected chi connectivity index (χ3v) is 3.81. The summed E-state index contributed by atoms with van der Waals surface area (Å²) in [7, 11) is 4.55. The lowest BCUT2D eigenvalue weighted by Gasteiger charge is -2.18. The van der Waals surface area contributed by atoms with Gasteiger partial charge in [-0.15, -0.1) is 0 Å². The number of carbonyl (C=O) groups excluding carboxylic acids is 2. The van der Waals surface area contributed by atoms with E-state index in [1.165, 1.54) is 11.9 Å². The molecule has 1 aromatic rings. The molecule has 8 nitrogen and oxygen atoms in total. The number of amides is 2. The van der Waals surface area contributed by atoms with E-state index in [2.05, 4.69) is 0 Å². The Morgan fingerprint density at radius 3 is 2.35 bits per heavy atom. The summed E-state index contributed by atoms with van der Waals surface area (Å²) in [5.74, 6) is -2.13. The van der Waals surface area contributed by atoms with Crippen molar-refractivity contribution in [1.29, 1.82) is 10.5 Å². The molecule has 0 fully saturated rings. The van der Waals surface area contributed by atoms with Gasteiger partial charge in [-0.1, -0.05) is 11.6 Å². The van der Waals surface area contributed by atoms with E-state index >= 15 is 0 Å². The zero-order valence-electron chi connectivity index (χ0n) is 14.4. The molecule has 1 aromatic carbocycles. The van der Waals surface area contributed by atoms with E-state index in [1.54, 1.807) is 26.2 Å². The second kappa shape index (κ2) is 8.75. The average molecular weight is 377 g/mol. The molecule has 0 radical (unpaired) electrons. The molecule has 1 rings (SSSR count). The number of hydrogen-bond acceptors (Lipinski definition) is 6. The van der Waals surface area contributed by atoms with Crippen molar-refractivity contribution in [2.75, 3.05) is 27.7 Å². The Morgan fingerprint density at radius 2 is 1.85 bits per heavy atom. The second-order valence-corrected chi connectivity index (χ2v) is 5.97. The Labute approximate surface area is 155 Å². The third kappa shape index (κ3) is 4.65. The Kier molecular flexibility index (Phi) is 7.00. The van der Waals surface area contributed by atoms with Gasteiger partial charge in [0.1, 0.15) is 17.9 Å². The molecule has 0 saturated heterocycles. The summed E-state index contributed by atoms with van der Waals surface area (Å²) in [4.78, 5) is 26.5. The number of halogens is 1. The van der Waals surface area contributed by atoms with Crippen LogP contribution in [0.3, 0.4) is 0 Å². The molecular formula is C17H17ClN4O4. The van der Waals surface area contributed by atoms with Gasteiger partial charge in [-0.05, 0) is 12.1 Å². The summed E-state index contributed by atoms with van der Waals surface area (Å²) in [5.41, 5.74) is -0.851. The first-order valence-corrected chi connectivity index (χ1v) is 7.73. The molecule has 0 aliphatic heterocycles. The first-order chi connectivity index (χ1) is 12.1. The number of nitrogens with zero attached hydrogens (tertiary/aromatic N) is 4. The molecule has 0 atom stereocenters. The minimum absolute atomic E-state index is 0.0497. The second-order valence-electron chi connectivity index (χ2n) is 5.57. The smallest absolute Gasteiger partial charge is 0.268 e. The minimum Gasteiger partial charge on any atom is -0.506 e. The predicted octanol–water partition coefficient (Wildman–Crippen LogP) is 1.65. The van der Waals surface area contributed by atoms with Crippen molar-refractivity contribution in [3.8, 4) is 17.9 Å². The summed E-state index contributed by atoms with van der Waals surface area (Å²) < 4.78 is 0. The van der Waals surface area contributed by atoms with Crippen molar-refractivity contribution >= 4 is 29.2 Å². The number of benzene rings is 1. The van der Waals surface area contributed by atoms with Gasteiger partial charge in [0.2, 0.25) is 5.91 Å². The number of nitriles is 2. The van der Waals surface area contributed by atoms with Gasteiger partial charge in [-0.2, -0.15) is 10.5 Å². The summed E-state index contributed by atoms with van der Waals surface area (Å²) >= 11 is 5.79. The molecular weight excluding hydrogens is 360 g/mol. The highest BCUT2D eigenvalue weighted by molar-refractivity contribution is 6.32. The molecule has 136 valence electrons. The van der Waals surface area contributed by atoms with Crippen LogP contribution >= 0.6 is 11.6 Å². The Hall–Kier alpha value is -3.23. The molecule has 26 heavy (non-hydrogen) atoms. The minimum atomic E-state index is -0.792. The Morgan fingerprint density at radius 1 is 1.23 bits per heavy atom. The maximum Gasteiger partial charge on any atom is 0.268 e. The molecule has 0 aliphatic rings. The van der Waals surface area contributed by atoms with E-state index in [4.69, 9.17) is 16.9 Å². The van der Waals surface area contributed by atoms with Crippen LogP contribution in [0.1, 0.15) is 17.5 Å². The van der Waals surface area contributed by atoms with Crippen LogP contribution in [0.4, 0.5) is 0 Å². The molecule has 9 heteroatoms. The average Bonchev–Trinajstić information content (AvgIpc) is 2.61. The van der Waals surface area contributed by atoms with Crippen molar-refractivity contribution in [1.82, 2.24) is 9.80 Å². The van der Waals surface area contributed by atoms with Crippen LogP contribution in [0.2, 0.25) is 5.02 Å². The first-order valence-electron chi connectivity index (χ1n) is 7.35. The quantitative estimate of drug-likeness (QED) is 0.456. The van der Waals surface area contributed by atoms with Gasteiger partial charge in [-0.25, -0.2) is 0 Å². The first kappa shape index (κ1) is 20.8. The van der Waals surface area contributed by atoms with Crippen LogP contribution in [0, 0.1) is 22.7 Å². The van der Waals surface area contributed by atoms with E-state index in [-0.39, 0.29) is 35.0 Å². The highest BCUT2D eigenvalue weighted by atomic mass is 35.5. The van der Waals surface area contributed by atoms with Crippen molar-refractivity contribution in [2.45, 2.75) is 6.42 Å². The summed E-state index contributed by atoms with van der Waals surface area (Å²) in [6, 6.07) is 5.55. The van der Waals surface area contributed by atoms with Gasteiger partial charge in [0.05, 0.1) is 10.6 Å². The number of aliphatic hydroxyl groups excluding tert-OH is 1. The summed E-state index contributed by atoms with van der Waals surface area (Å²) in [6.07, 6.45) is 0.0539. The van der Waals surface area contributed by atoms with Crippen molar-refractivity contribution in [2.24, 2.45) is 0 Å². The number of aliphatic hydroxyl groups is 1. The van der Waals surface area contributed by atoms with Crippen LogP contribution in [0.5, 0.6) is 5.75 Å². The van der Waals surface area contributed by atoms with Crippen molar-refractivity contribution in [3.05, 3.63) is 33.9 Å². The lowest BCUT2D eigenvalue weighted by atomic mass is 10.0. The van der Waals surface area contributed by atoms with Crippen molar-refractivity contribution in [3.63, 3.8) is 0 Å². The number of likely N-dealkylation sites (N-methyl/N-ethyl adjacent to an activating group) is 1. The Bertz CT molecular complexity index is 850. The van der Waals surface area contributed by atoms with Gasteiger partial charge < -0.3 is 20.0 Å². The number of phenols is 1. The van der Waals surface area contributed by atoms with Gasteiger partial charge in [0.15, 0.2) is 11.3 Å². The lowest BCUT2D eigenvalue weighted by molar-refractivity contribution is -0.130. The van der Waals surface area contributed by atoms with Gasteiger partial charge in [0, 0.05) is 39.7 Å². The monoisotopic (exact) mass is 376 g/mol. The zero-order chi connectivity index (χ0) is 20.0. The van der Waals surface area contributed by atoms with Gasteiger partial charge in [-0.3, -0.25) is 9.59 Å². The molecule has 2 amide bonds. The maximum atomic E-state index is 12.4. The molecule has 0 aliphatic carbocycles. The molecule has 2 N–H and O–H groups in total. The zero-order valence-corrected chi connectivity index (χ0v) is 15.2. The number of hydrogen-bond donors (Lipinski definition) is 2. The molecule has 0 saturated carbocycles. The standard InChI is InChI=1S/C17H17ClN4O4/c1-21(2)14(23)4-5-22(3)17(26)12(9-20)15(24)10-6-11(8-19)16(25)13(18)7-10/h6-7,24-25H,4-5H2,1-3H3/b15-12-. The van der Waals surface area contributed by atoms with E-state index in [9.17, 15) is 25.1 Å². The van der Waals surface area contributed by atoms with Crippen LogP contribution in [-0.4, -0.2) is 59.5 Å². The molecule has 0 heterocycles. The van der Waals surface area contributed by atoms with Gasteiger partial charge in [0.25, 0.3) is 5.91 Å². The Balaban J connectivity index is 3.18. The number of carbonyl (C=O) groups is 2. The summed E-state index contributed by atoms with van der Waals surface area (Å²) in [6.45, 7) is 0.0497. The van der Waals surface area contributed by atoms with E-state index < -0.39 is 23.0 Å². The predicted molar refractivity (Wildman–Crippen MR) is 93.9 cm³/mol. The van der Waals surface area contributed by atoms with Gasteiger partial charge >= 0.3 is 0 Å². The normalized spacial score (nSPS) is 11.0. The van der Waals surface area contributed by atoms with Crippen LogP contribution in [0.15, 0.2) is 17.7 Å². The molecule has 0 unspecified atom stereocenters. The fraction of sp³-hybridized carbons (Fsp3) is 0.294. The number of phenolic OH excluding ortho intramolecular Hbond substituents is 1. The largest absolute Gasteiger partial charge is 0.506 e. The highest BCUT2D eigenvalue weighted by Crippen LogP contribution is 2.31. The van der Waals surface area contributed by atoms with Crippen LogP contribution in [-0.2, 0) is 9.59 Å². The lowest BCUT2D eigenvalue weighted by Crippen LogP contribution is -2.33. The van der Waals surface area contributed by atoms with Crippen LogP contribution < -0.4 is 0 Å². The topological polar surface area (TPSA) is 129 Å². The van der Waals surface area contributed by atoms with E-state index in [0.717, 1.165) is 17.0 Å². The fourth-order valence-electron chi connectivity index (χ4n) is 1.95. The van der Waals surface area contributed by atoms with Crippen LogP contribution in [0.25, 0.3) is 5.76 Å². The molecule has 0 spiro atoms. The molecule has 0 aromatic heterocycles. The molecule has 0 bridgehead atoms. The fourth-order valence-corrected chi connectivity index (χ4v) is 2.17.